The first-order chi connectivity index (χ1) is 13.7. The van der Waals surface area contributed by atoms with Crippen LogP contribution >= 0.6 is 0 Å². The van der Waals surface area contributed by atoms with Gasteiger partial charge in [-0.05, 0) is 50.1 Å². The molecule has 1 amide bonds. The van der Waals surface area contributed by atoms with Crippen molar-refractivity contribution in [1.29, 1.82) is 0 Å². The van der Waals surface area contributed by atoms with E-state index in [-0.39, 0.29) is 11.8 Å². The SMILES string of the molecule is Cc1nccn1-c1ccccc1CNC(=O)[C@@H]1CCCN(Cc2ccco2)C1. The molecule has 1 aliphatic rings. The molecule has 3 aromatic rings. The van der Waals surface area contributed by atoms with Crippen molar-refractivity contribution in [3.05, 3.63) is 72.2 Å². The van der Waals surface area contributed by atoms with Crippen molar-refractivity contribution in [3.8, 4) is 5.69 Å². The molecular formula is C22H26N4O2. The summed E-state index contributed by atoms with van der Waals surface area (Å²) in [6.45, 7) is 5.04. The van der Waals surface area contributed by atoms with Gasteiger partial charge in [0, 0.05) is 25.5 Å². The molecule has 1 fully saturated rings. The van der Waals surface area contributed by atoms with E-state index in [2.05, 4.69) is 27.3 Å². The van der Waals surface area contributed by atoms with Crippen LogP contribution < -0.4 is 5.32 Å². The first-order valence-corrected chi connectivity index (χ1v) is 9.81. The highest BCUT2D eigenvalue weighted by Crippen LogP contribution is 2.20. The summed E-state index contributed by atoms with van der Waals surface area (Å²) in [6, 6.07) is 12.0. The van der Waals surface area contributed by atoms with Crippen molar-refractivity contribution < 1.29 is 9.21 Å². The predicted molar refractivity (Wildman–Crippen MR) is 107 cm³/mol. The summed E-state index contributed by atoms with van der Waals surface area (Å²) in [6.07, 6.45) is 7.40. The summed E-state index contributed by atoms with van der Waals surface area (Å²) in [7, 11) is 0. The number of para-hydroxylation sites is 1. The summed E-state index contributed by atoms with van der Waals surface area (Å²) in [5.41, 5.74) is 2.14. The maximum absolute atomic E-state index is 12.8. The van der Waals surface area contributed by atoms with Crippen LogP contribution in [0.3, 0.4) is 0 Å². The van der Waals surface area contributed by atoms with Crippen molar-refractivity contribution in [2.75, 3.05) is 13.1 Å². The van der Waals surface area contributed by atoms with Crippen LogP contribution in [-0.4, -0.2) is 33.4 Å². The molecule has 2 aromatic heterocycles. The third kappa shape index (κ3) is 4.17. The molecule has 0 aliphatic carbocycles. The van der Waals surface area contributed by atoms with Crippen molar-refractivity contribution in [2.45, 2.75) is 32.9 Å². The van der Waals surface area contributed by atoms with E-state index < -0.39 is 0 Å². The zero-order chi connectivity index (χ0) is 19.3. The molecule has 1 N–H and O–H groups in total. The van der Waals surface area contributed by atoms with Crippen LogP contribution in [0.2, 0.25) is 0 Å². The Bertz CT molecular complexity index is 916. The largest absolute Gasteiger partial charge is 0.468 e. The Balaban J connectivity index is 1.38. The fourth-order valence-corrected chi connectivity index (χ4v) is 3.89. The lowest BCUT2D eigenvalue weighted by Crippen LogP contribution is -2.42. The molecular weight excluding hydrogens is 352 g/mol. The first kappa shape index (κ1) is 18.5. The van der Waals surface area contributed by atoms with Crippen molar-refractivity contribution >= 4 is 5.91 Å². The van der Waals surface area contributed by atoms with E-state index in [9.17, 15) is 4.79 Å². The van der Waals surface area contributed by atoms with Gasteiger partial charge in [0.25, 0.3) is 0 Å². The maximum atomic E-state index is 12.8. The number of aromatic nitrogens is 2. The number of piperidine rings is 1. The van der Waals surface area contributed by atoms with Crippen molar-refractivity contribution in [1.82, 2.24) is 19.8 Å². The number of carbonyl (C=O) groups is 1. The van der Waals surface area contributed by atoms with Gasteiger partial charge in [0.05, 0.1) is 24.4 Å². The Morgan fingerprint density at radius 3 is 2.96 bits per heavy atom. The zero-order valence-corrected chi connectivity index (χ0v) is 16.2. The van der Waals surface area contributed by atoms with Crippen LogP contribution in [0.1, 0.15) is 30.0 Å². The topological polar surface area (TPSA) is 63.3 Å². The molecule has 1 aliphatic heterocycles. The van der Waals surface area contributed by atoms with E-state index in [1.807, 2.05) is 42.0 Å². The summed E-state index contributed by atoms with van der Waals surface area (Å²) in [5.74, 6) is 2.03. The van der Waals surface area contributed by atoms with Gasteiger partial charge < -0.3 is 14.3 Å². The fraction of sp³-hybridized carbons (Fsp3) is 0.364. The Morgan fingerprint density at radius 1 is 1.29 bits per heavy atom. The second-order valence-corrected chi connectivity index (χ2v) is 7.34. The smallest absolute Gasteiger partial charge is 0.224 e. The van der Waals surface area contributed by atoms with E-state index in [0.29, 0.717) is 6.54 Å². The highest BCUT2D eigenvalue weighted by Gasteiger charge is 2.26. The van der Waals surface area contributed by atoms with Crippen LogP contribution in [0.15, 0.2) is 59.5 Å². The standard InChI is InChI=1S/C22H26N4O2/c1-17-23-10-12-26(17)21-9-3-2-6-18(21)14-24-22(27)19-7-4-11-25(15-19)16-20-8-5-13-28-20/h2-3,5-6,8-10,12-13,19H,4,7,11,14-16H2,1H3,(H,24,27)/t19-/m1/s1. The van der Waals surface area contributed by atoms with E-state index in [1.165, 1.54) is 0 Å². The van der Waals surface area contributed by atoms with Crippen molar-refractivity contribution in [2.24, 2.45) is 5.92 Å². The zero-order valence-electron chi connectivity index (χ0n) is 16.2. The highest BCUT2D eigenvalue weighted by molar-refractivity contribution is 5.79. The predicted octanol–water partition coefficient (Wildman–Crippen LogP) is 3.30. The monoisotopic (exact) mass is 378 g/mol. The molecule has 1 atom stereocenters. The molecule has 6 nitrogen and oxygen atoms in total. The average molecular weight is 378 g/mol. The lowest BCUT2D eigenvalue weighted by Gasteiger charge is -2.31. The minimum absolute atomic E-state index is 0.0193. The van der Waals surface area contributed by atoms with Gasteiger partial charge in [-0.15, -0.1) is 0 Å². The van der Waals surface area contributed by atoms with Gasteiger partial charge in [-0.2, -0.15) is 0 Å². The highest BCUT2D eigenvalue weighted by atomic mass is 16.3. The normalized spacial score (nSPS) is 17.5. The molecule has 28 heavy (non-hydrogen) atoms. The van der Waals surface area contributed by atoms with Crippen LogP contribution in [0.5, 0.6) is 0 Å². The van der Waals surface area contributed by atoms with Crippen LogP contribution in [0, 0.1) is 12.8 Å². The third-order valence-electron chi connectivity index (χ3n) is 5.37. The number of likely N-dealkylation sites (tertiary alicyclic amines) is 1. The number of nitrogens with zero attached hydrogens (tertiary/aromatic N) is 3. The van der Waals surface area contributed by atoms with E-state index >= 15 is 0 Å². The molecule has 0 unspecified atom stereocenters. The summed E-state index contributed by atoms with van der Waals surface area (Å²) in [4.78, 5) is 19.4. The lowest BCUT2D eigenvalue weighted by molar-refractivity contribution is -0.127. The molecule has 0 bridgehead atoms. The van der Waals surface area contributed by atoms with Gasteiger partial charge in [0.15, 0.2) is 0 Å². The number of rotatable bonds is 6. The molecule has 146 valence electrons. The van der Waals surface area contributed by atoms with E-state index in [1.54, 1.807) is 12.5 Å². The number of hydrogen-bond donors (Lipinski definition) is 1. The molecule has 4 rings (SSSR count). The average Bonchev–Trinajstić information content (AvgIpc) is 3.38. The summed E-state index contributed by atoms with van der Waals surface area (Å²) < 4.78 is 7.49. The minimum Gasteiger partial charge on any atom is -0.468 e. The Morgan fingerprint density at radius 2 is 2.18 bits per heavy atom. The van der Waals surface area contributed by atoms with E-state index in [4.69, 9.17) is 4.42 Å². The maximum Gasteiger partial charge on any atom is 0.224 e. The molecule has 0 radical (unpaired) electrons. The number of furan rings is 1. The number of amides is 1. The van der Waals surface area contributed by atoms with Gasteiger partial charge >= 0.3 is 0 Å². The first-order valence-electron chi connectivity index (χ1n) is 9.81. The van der Waals surface area contributed by atoms with Gasteiger partial charge in [0.1, 0.15) is 11.6 Å². The molecule has 1 saturated heterocycles. The van der Waals surface area contributed by atoms with Crippen LogP contribution in [0.25, 0.3) is 5.69 Å². The third-order valence-corrected chi connectivity index (χ3v) is 5.37. The van der Waals surface area contributed by atoms with Crippen molar-refractivity contribution in [3.63, 3.8) is 0 Å². The van der Waals surface area contributed by atoms with Gasteiger partial charge in [-0.1, -0.05) is 18.2 Å². The van der Waals surface area contributed by atoms with Crippen LogP contribution in [0.4, 0.5) is 0 Å². The number of benzene rings is 1. The Hall–Kier alpha value is -2.86. The number of nitrogens with one attached hydrogen (secondary N) is 1. The summed E-state index contributed by atoms with van der Waals surface area (Å²) in [5, 5.41) is 3.15. The summed E-state index contributed by atoms with van der Waals surface area (Å²) >= 11 is 0. The number of aryl methyl sites for hydroxylation is 1. The molecule has 0 saturated carbocycles. The number of imidazole rings is 1. The lowest BCUT2D eigenvalue weighted by atomic mass is 9.97. The second kappa shape index (κ2) is 8.44. The van der Waals surface area contributed by atoms with Gasteiger partial charge in [0.2, 0.25) is 5.91 Å². The Kier molecular flexibility index (Phi) is 5.58. The number of carbonyl (C=O) groups excluding carboxylic acids is 1. The minimum atomic E-state index is 0.0193. The van der Waals surface area contributed by atoms with E-state index in [0.717, 1.165) is 55.3 Å². The van der Waals surface area contributed by atoms with Crippen LogP contribution in [-0.2, 0) is 17.9 Å². The van der Waals surface area contributed by atoms with Gasteiger partial charge in [-0.25, -0.2) is 4.98 Å². The second-order valence-electron chi connectivity index (χ2n) is 7.34. The molecule has 1 aromatic carbocycles. The molecule has 0 spiro atoms. The molecule has 3 heterocycles. The number of hydrogen-bond acceptors (Lipinski definition) is 4. The van der Waals surface area contributed by atoms with Gasteiger partial charge in [-0.3, -0.25) is 9.69 Å². The fourth-order valence-electron chi connectivity index (χ4n) is 3.89. The quantitative estimate of drug-likeness (QED) is 0.715. The Labute approximate surface area is 165 Å². The molecule has 6 heteroatoms.